The Morgan fingerprint density at radius 3 is 2.90 bits per heavy atom. The molecule has 3 rings (SSSR count). The van der Waals surface area contributed by atoms with E-state index in [1.165, 1.54) is 0 Å². The van der Waals surface area contributed by atoms with Gasteiger partial charge in [-0.25, -0.2) is 5.43 Å². The van der Waals surface area contributed by atoms with Gasteiger partial charge >= 0.3 is 0 Å². The molecule has 1 amide bonds. The molecule has 1 heterocycles. The summed E-state index contributed by atoms with van der Waals surface area (Å²) in [5.41, 5.74) is 3.66. The topological polar surface area (TPSA) is 77.0 Å². The molecule has 2 aliphatic rings. The minimum absolute atomic E-state index is 0.171. The third-order valence-electron chi connectivity index (χ3n) is 3.27. The summed E-state index contributed by atoms with van der Waals surface area (Å²) in [5, 5.41) is 4.03. The molecule has 1 saturated carbocycles. The van der Waals surface area contributed by atoms with Crippen molar-refractivity contribution in [2.75, 3.05) is 6.79 Å². The highest BCUT2D eigenvalue weighted by atomic mass is 16.7. The lowest BCUT2D eigenvalue weighted by Crippen LogP contribution is -2.22. The molecule has 1 fully saturated rings. The second kappa shape index (κ2) is 5.32. The molecule has 1 aliphatic carbocycles. The zero-order chi connectivity index (χ0) is 13.9. The smallest absolute Gasteiger partial charge is 0.271 e. The molecule has 20 heavy (non-hydrogen) atoms. The number of ether oxygens (including phenoxy) is 2. The monoisotopic (exact) mass is 274 g/mol. The maximum absolute atomic E-state index is 12.0. The first-order chi connectivity index (χ1) is 9.72. The molecule has 0 unspecified atom stereocenters. The lowest BCUT2D eigenvalue weighted by Gasteiger charge is -2.11. The van der Waals surface area contributed by atoms with E-state index >= 15 is 0 Å². The number of fused-ring (bicyclic) bond motifs is 1. The summed E-state index contributed by atoms with van der Waals surface area (Å²) in [6, 6.07) is 4.95. The van der Waals surface area contributed by atoms with E-state index in [1.807, 2.05) is 0 Å². The van der Waals surface area contributed by atoms with Crippen LogP contribution in [0, 0.1) is 0 Å². The van der Waals surface area contributed by atoms with E-state index < -0.39 is 0 Å². The van der Waals surface area contributed by atoms with E-state index in [2.05, 4.69) is 10.5 Å². The first kappa shape index (κ1) is 12.7. The Balaban J connectivity index is 1.67. The summed E-state index contributed by atoms with van der Waals surface area (Å²) >= 11 is 0. The van der Waals surface area contributed by atoms with Gasteiger partial charge in [-0.15, -0.1) is 0 Å². The Bertz CT molecular complexity index is 595. The Hall–Kier alpha value is -2.37. The predicted octanol–water partition coefficient (Wildman–Crippen LogP) is 1.64. The molecule has 0 saturated heterocycles. The lowest BCUT2D eigenvalue weighted by molar-refractivity contribution is -0.118. The van der Waals surface area contributed by atoms with Crippen molar-refractivity contribution in [2.24, 2.45) is 5.10 Å². The highest BCUT2D eigenvalue weighted by molar-refractivity contribution is 6.04. The van der Waals surface area contributed by atoms with Crippen molar-refractivity contribution in [2.45, 2.75) is 25.7 Å². The van der Waals surface area contributed by atoms with Gasteiger partial charge in [-0.3, -0.25) is 9.59 Å². The highest BCUT2D eigenvalue weighted by Crippen LogP contribution is 2.32. The number of hydrogen-bond acceptors (Lipinski definition) is 5. The molecule has 0 bridgehead atoms. The molecule has 6 heteroatoms. The molecular weight excluding hydrogens is 260 g/mol. The number of Topliss-reactive ketones (excluding diaryl/α,β-unsaturated/α-hetero) is 1. The fraction of sp³-hybridized carbons (Fsp3) is 0.357. The number of rotatable bonds is 2. The third-order valence-corrected chi connectivity index (χ3v) is 3.27. The summed E-state index contributed by atoms with van der Waals surface area (Å²) in [4.78, 5) is 23.3. The van der Waals surface area contributed by atoms with E-state index in [4.69, 9.17) is 9.47 Å². The van der Waals surface area contributed by atoms with Crippen molar-refractivity contribution in [1.82, 2.24) is 5.43 Å². The van der Waals surface area contributed by atoms with Gasteiger partial charge in [0.15, 0.2) is 11.5 Å². The molecule has 0 radical (unpaired) electrons. The van der Waals surface area contributed by atoms with Gasteiger partial charge in [0.1, 0.15) is 5.78 Å². The van der Waals surface area contributed by atoms with Gasteiger partial charge in [-0.2, -0.15) is 5.10 Å². The number of carbonyl (C=O) groups excluding carboxylic acids is 2. The number of nitrogens with one attached hydrogen (secondary N) is 1. The fourth-order valence-electron chi connectivity index (χ4n) is 2.22. The van der Waals surface area contributed by atoms with Crippen LogP contribution in [0.5, 0.6) is 11.5 Å². The number of carbonyl (C=O) groups is 2. The van der Waals surface area contributed by atoms with Crippen LogP contribution in [-0.2, 0) is 4.79 Å². The largest absolute Gasteiger partial charge is 0.454 e. The van der Waals surface area contributed by atoms with E-state index in [0.717, 1.165) is 18.6 Å². The number of amides is 1. The van der Waals surface area contributed by atoms with Crippen LogP contribution in [0.2, 0.25) is 0 Å². The maximum atomic E-state index is 12.0. The van der Waals surface area contributed by atoms with Gasteiger partial charge in [0.05, 0.1) is 0 Å². The van der Waals surface area contributed by atoms with E-state index in [0.29, 0.717) is 29.9 Å². The maximum Gasteiger partial charge on any atom is 0.271 e. The van der Waals surface area contributed by atoms with Crippen LogP contribution in [-0.4, -0.2) is 24.2 Å². The molecule has 1 aliphatic heterocycles. The highest BCUT2D eigenvalue weighted by Gasteiger charge is 2.17. The molecule has 104 valence electrons. The van der Waals surface area contributed by atoms with Crippen LogP contribution in [0.1, 0.15) is 36.0 Å². The molecule has 6 nitrogen and oxygen atoms in total. The number of ketones is 1. The van der Waals surface area contributed by atoms with Crippen molar-refractivity contribution in [3.8, 4) is 11.5 Å². The van der Waals surface area contributed by atoms with Crippen molar-refractivity contribution in [3.63, 3.8) is 0 Å². The second-order valence-electron chi connectivity index (χ2n) is 4.76. The molecule has 0 aromatic heterocycles. The van der Waals surface area contributed by atoms with Crippen molar-refractivity contribution >= 4 is 17.4 Å². The van der Waals surface area contributed by atoms with Crippen LogP contribution in [0.25, 0.3) is 0 Å². The number of hydrogen-bond donors (Lipinski definition) is 1. The average molecular weight is 274 g/mol. The zero-order valence-electron chi connectivity index (χ0n) is 10.8. The molecule has 1 N–H and O–H groups in total. The minimum Gasteiger partial charge on any atom is -0.454 e. The predicted molar refractivity (Wildman–Crippen MR) is 70.9 cm³/mol. The van der Waals surface area contributed by atoms with Crippen LogP contribution in [0.3, 0.4) is 0 Å². The van der Waals surface area contributed by atoms with Gasteiger partial charge in [-0.05, 0) is 31.0 Å². The molecule has 0 spiro atoms. The van der Waals surface area contributed by atoms with Gasteiger partial charge < -0.3 is 9.47 Å². The van der Waals surface area contributed by atoms with E-state index in [9.17, 15) is 9.59 Å². The molecule has 1 aromatic carbocycles. The minimum atomic E-state index is -0.325. The Labute approximate surface area is 115 Å². The number of benzene rings is 1. The van der Waals surface area contributed by atoms with Gasteiger partial charge in [0, 0.05) is 24.1 Å². The SMILES string of the molecule is O=C1CCC/C(=N/NC(=O)c2ccc3c(c2)OCO3)C1. The quantitative estimate of drug-likeness (QED) is 0.832. The molecular formula is C14H14N2O4. The Morgan fingerprint density at radius 1 is 1.20 bits per heavy atom. The number of hydrazone groups is 1. The summed E-state index contributed by atoms with van der Waals surface area (Å²) in [6.07, 6.45) is 2.50. The standard InChI is InChI=1S/C14H14N2O4/c17-11-3-1-2-10(7-11)15-16-14(18)9-4-5-12-13(6-9)20-8-19-12/h4-6H,1-3,7-8H2,(H,16,18)/b15-10-. The van der Waals surface area contributed by atoms with Crippen LogP contribution < -0.4 is 14.9 Å². The fourth-order valence-corrected chi connectivity index (χ4v) is 2.22. The van der Waals surface area contributed by atoms with Crippen molar-refractivity contribution in [3.05, 3.63) is 23.8 Å². The van der Waals surface area contributed by atoms with Crippen LogP contribution in [0.4, 0.5) is 0 Å². The first-order valence-corrected chi connectivity index (χ1v) is 6.49. The van der Waals surface area contributed by atoms with Crippen LogP contribution >= 0.6 is 0 Å². The summed E-state index contributed by atoms with van der Waals surface area (Å²) in [7, 11) is 0. The van der Waals surface area contributed by atoms with Gasteiger partial charge in [-0.1, -0.05) is 0 Å². The third kappa shape index (κ3) is 2.64. The lowest BCUT2D eigenvalue weighted by atomic mass is 9.97. The number of nitrogens with zero attached hydrogens (tertiary/aromatic N) is 1. The van der Waals surface area contributed by atoms with E-state index in [-0.39, 0.29) is 18.5 Å². The second-order valence-corrected chi connectivity index (χ2v) is 4.76. The average Bonchev–Trinajstić information content (AvgIpc) is 2.92. The summed E-state index contributed by atoms with van der Waals surface area (Å²) in [6.45, 7) is 0.171. The summed E-state index contributed by atoms with van der Waals surface area (Å²) < 4.78 is 10.4. The molecule has 0 atom stereocenters. The Kier molecular flexibility index (Phi) is 3.37. The van der Waals surface area contributed by atoms with Gasteiger partial charge in [0.25, 0.3) is 5.91 Å². The van der Waals surface area contributed by atoms with E-state index in [1.54, 1.807) is 18.2 Å². The first-order valence-electron chi connectivity index (χ1n) is 6.49. The van der Waals surface area contributed by atoms with Crippen LogP contribution in [0.15, 0.2) is 23.3 Å². The zero-order valence-corrected chi connectivity index (χ0v) is 10.8. The Morgan fingerprint density at radius 2 is 2.05 bits per heavy atom. The van der Waals surface area contributed by atoms with Crippen molar-refractivity contribution in [1.29, 1.82) is 0 Å². The summed E-state index contributed by atoms with van der Waals surface area (Å²) in [5.74, 6) is 1.03. The normalized spacial score (nSPS) is 19.2. The molecule has 1 aromatic rings. The van der Waals surface area contributed by atoms with Gasteiger partial charge in [0.2, 0.25) is 6.79 Å². The van der Waals surface area contributed by atoms with Crippen molar-refractivity contribution < 1.29 is 19.1 Å².